The minimum absolute atomic E-state index is 0.0598. The molecule has 1 aliphatic rings. The highest BCUT2D eigenvalue weighted by atomic mass is 16.2. The molecule has 1 fully saturated rings. The normalized spacial score (nSPS) is 15.3. The van der Waals surface area contributed by atoms with Crippen LogP contribution in [0.2, 0.25) is 0 Å². The zero-order valence-electron chi connectivity index (χ0n) is 14.5. The van der Waals surface area contributed by atoms with Crippen molar-refractivity contribution in [3.8, 4) is 0 Å². The van der Waals surface area contributed by atoms with E-state index in [0.29, 0.717) is 6.54 Å². The number of carbonyl (C=O) groups is 1. The first-order chi connectivity index (χ1) is 11.6. The Hall–Kier alpha value is -2.33. The maximum Gasteiger partial charge on any atom is 0.238 e. The molecule has 0 radical (unpaired) electrons. The van der Waals surface area contributed by atoms with E-state index >= 15 is 0 Å². The zero-order chi connectivity index (χ0) is 16.9. The van der Waals surface area contributed by atoms with Crippen LogP contribution in [0, 0.1) is 13.8 Å². The van der Waals surface area contributed by atoms with E-state index in [1.165, 1.54) is 11.3 Å². The molecule has 0 aromatic heterocycles. The Morgan fingerprint density at radius 1 is 0.958 bits per heavy atom. The van der Waals surface area contributed by atoms with E-state index in [-0.39, 0.29) is 5.91 Å². The van der Waals surface area contributed by atoms with E-state index in [9.17, 15) is 4.79 Å². The van der Waals surface area contributed by atoms with Crippen molar-refractivity contribution in [2.75, 3.05) is 42.9 Å². The maximum atomic E-state index is 12.2. The summed E-state index contributed by atoms with van der Waals surface area (Å²) in [7, 11) is 0. The van der Waals surface area contributed by atoms with Crippen LogP contribution >= 0.6 is 0 Å². The van der Waals surface area contributed by atoms with Gasteiger partial charge in [-0.1, -0.05) is 24.3 Å². The Balaban J connectivity index is 1.49. The van der Waals surface area contributed by atoms with Gasteiger partial charge in [-0.25, -0.2) is 0 Å². The van der Waals surface area contributed by atoms with E-state index in [0.717, 1.165) is 37.4 Å². The first-order valence-electron chi connectivity index (χ1n) is 8.51. The van der Waals surface area contributed by atoms with Crippen molar-refractivity contribution in [3.05, 3.63) is 59.7 Å². The molecule has 126 valence electrons. The molecule has 2 aromatic carbocycles. The largest absolute Gasteiger partial charge is 0.369 e. The van der Waals surface area contributed by atoms with Gasteiger partial charge < -0.3 is 10.2 Å². The van der Waals surface area contributed by atoms with Crippen LogP contribution in [0.4, 0.5) is 11.4 Å². The van der Waals surface area contributed by atoms with Gasteiger partial charge in [-0.2, -0.15) is 0 Å². The summed E-state index contributed by atoms with van der Waals surface area (Å²) in [5.41, 5.74) is 4.59. The van der Waals surface area contributed by atoms with Gasteiger partial charge in [-0.05, 0) is 49.2 Å². The van der Waals surface area contributed by atoms with Gasteiger partial charge in [-0.3, -0.25) is 9.69 Å². The Morgan fingerprint density at radius 2 is 1.62 bits per heavy atom. The average molecular weight is 323 g/mol. The molecule has 0 aliphatic carbocycles. The Kier molecular flexibility index (Phi) is 5.16. The lowest BCUT2D eigenvalue weighted by Gasteiger charge is -2.35. The number of hydrogen-bond acceptors (Lipinski definition) is 3. The van der Waals surface area contributed by atoms with Crippen molar-refractivity contribution in [2.45, 2.75) is 13.8 Å². The minimum atomic E-state index is 0.0598. The maximum absolute atomic E-state index is 12.2. The van der Waals surface area contributed by atoms with Crippen molar-refractivity contribution in [1.82, 2.24) is 4.90 Å². The lowest BCUT2D eigenvalue weighted by Crippen LogP contribution is -2.48. The summed E-state index contributed by atoms with van der Waals surface area (Å²) >= 11 is 0. The van der Waals surface area contributed by atoms with Crippen molar-refractivity contribution < 1.29 is 4.79 Å². The Morgan fingerprint density at radius 3 is 2.29 bits per heavy atom. The van der Waals surface area contributed by atoms with Crippen LogP contribution < -0.4 is 10.2 Å². The van der Waals surface area contributed by atoms with Crippen molar-refractivity contribution in [2.24, 2.45) is 0 Å². The predicted octanol–water partition coefficient (Wildman–Crippen LogP) is 3.06. The second-order valence-corrected chi connectivity index (χ2v) is 6.52. The second-order valence-electron chi connectivity index (χ2n) is 6.52. The first-order valence-corrected chi connectivity index (χ1v) is 8.51. The molecule has 0 saturated carbocycles. The third-order valence-electron chi connectivity index (χ3n) is 4.41. The summed E-state index contributed by atoms with van der Waals surface area (Å²) < 4.78 is 0. The molecule has 4 heteroatoms. The zero-order valence-corrected chi connectivity index (χ0v) is 14.5. The van der Waals surface area contributed by atoms with Gasteiger partial charge in [0.15, 0.2) is 0 Å². The number of nitrogens with zero attached hydrogens (tertiary/aromatic N) is 2. The fraction of sp³-hybridized carbons (Fsp3) is 0.350. The molecule has 0 spiro atoms. The summed E-state index contributed by atoms with van der Waals surface area (Å²) in [5.74, 6) is 0.0598. The molecular formula is C20H25N3O. The van der Waals surface area contributed by atoms with Crippen molar-refractivity contribution >= 4 is 17.3 Å². The van der Waals surface area contributed by atoms with Crippen LogP contribution in [0.25, 0.3) is 0 Å². The Bertz CT molecular complexity index is 706. The lowest BCUT2D eigenvalue weighted by molar-refractivity contribution is -0.117. The van der Waals surface area contributed by atoms with Gasteiger partial charge in [0.2, 0.25) is 5.91 Å². The summed E-state index contributed by atoms with van der Waals surface area (Å²) in [6.45, 7) is 8.35. The fourth-order valence-corrected chi connectivity index (χ4v) is 3.12. The van der Waals surface area contributed by atoms with Crippen LogP contribution in [0.3, 0.4) is 0 Å². The van der Waals surface area contributed by atoms with Gasteiger partial charge in [0.05, 0.1) is 6.54 Å². The number of carbonyl (C=O) groups excluding carboxylic acids is 1. The molecule has 2 aromatic rings. The van der Waals surface area contributed by atoms with E-state index in [1.54, 1.807) is 0 Å². The molecule has 1 N–H and O–H groups in total. The van der Waals surface area contributed by atoms with Crippen LogP contribution in [-0.2, 0) is 4.79 Å². The number of amides is 1. The van der Waals surface area contributed by atoms with Gasteiger partial charge in [-0.15, -0.1) is 0 Å². The quantitative estimate of drug-likeness (QED) is 0.939. The van der Waals surface area contributed by atoms with Crippen molar-refractivity contribution in [3.63, 3.8) is 0 Å². The standard InChI is InChI=1S/C20H25N3O/c1-16-5-3-7-18(13-16)21-20(24)15-22-9-11-23(12-10-22)19-8-4-6-17(2)14-19/h3-8,13-14H,9-12,15H2,1-2H3,(H,21,24). The van der Waals surface area contributed by atoms with Gasteiger partial charge >= 0.3 is 0 Å². The molecule has 1 aliphatic heterocycles. The molecule has 0 unspecified atom stereocenters. The highest BCUT2D eigenvalue weighted by Gasteiger charge is 2.19. The summed E-state index contributed by atoms with van der Waals surface area (Å²) in [4.78, 5) is 16.8. The van der Waals surface area contributed by atoms with Crippen LogP contribution in [0.15, 0.2) is 48.5 Å². The highest BCUT2D eigenvalue weighted by molar-refractivity contribution is 5.92. The number of piperazine rings is 1. The van der Waals surface area contributed by atoms with E-state index in [2.05, 4.69) is 46.3 Å². The monoisotopic (exact) mass is 323 g/mol. The first kappa shape index (κ1) is 16.5. The number of nitrogens with one attached hydrogen (secondary N) is 1. The van der Waals surface area contributed by atoms with E-state index in [1.807, 2.05) is 31.2 Å². The van der Waals surface area contributed by atoms with E-state index < -0.39 is 0 Å². The molecule has 1 saturated heterocycles. The number of benzene rings is 2. The molecule has 0 bridgehead atoms. The SMILES string of the molecule is Cc1cccc(NC(=O)CN2CCN(c3cccc(C)c3)CC2)c1. The predicted molar refractivity (Wildman–Crippen MR) is 99.6 cm³/mol. The summed E-state index contributed by atoms with van der Waals surface area (Å²) in [5, 5.41) is 2.99. The number of aryl methyl sites for hydroxylation is 2. The molecule has 3 rings (SSSR count). The van der Waals surface area contributed by atoms with E-state index in [4.69, 9.17) is 0 Å². The third-order valence-corrected chi connectivity index (χ3v) is 4.41. The second kappa shape index (κ2) is 7.49. The lowest BCUT2D eigenvalue weighted by atomic mass is 10.2. The smallest absolute Gasteiger partial charge is 0.238 e. The minimum Gasteiger partial charge on any atom is -0.369 e. The van der Waals surface area contributed by atoms with Gasteiger partial charge in [0.25, 0.3) is 0 Å². The average Bonchev–Trinajstić information content (AvgIpc) is 2.55. The van der Waals surface area contributed by atoms with Crippen LogP contribution in [0.5, 0.6) is 0 Å². The molecule has 1 amide bonds. The molecule has 0 atom stereocenters. The summed E-state index contributed by atoms with van der Waals surface area (Å²) in [6.07, 6.45) is 0. The molecule has 1 heterocycles. The Labute approximate surface area is 144 Å². The van der Waals surface area contributed by atoms with Crippen LogP contribution in [-0.4, -0.2) is 43.5 Å². The highest BCUT2D eigenvalue weighted by Crippen LogP contribution is 2.17. The number of rotatable bonds is 4. The van der Waals surface area contributed by atoms with Crippen LogP contribution in [0.1, 0.15) is 11.1 Å². The van der Waals surface area contributed by atoms with Gasteiger partial charge in [0, 0.05) is 37.6 Å². The molecular weight excluding hydrogens is 298 g/mol. The topological polar surface area (TPSA) is 35.6 Å². The number of anilines is 2. The van der Waals surface area contributed by atoms with Crippen molar-refractivity contribution in [1.29, 1.82) is 0 Å². The molecule has 4 nitrogen and oxygen atoms in total. The summed E-state index contributed by atoms with van der Waals surface area (Å²) in [6, 6.07) is 16.5. The molecule has 24 heavy (non-hydrogen) atoms. The third kappa shape index (κ3) is 4.36. The number of hydrogen-bond donors (Lipinski definition) is 1. The van der Waals surface area contributed by atoms with Gasteiger partial charge in [0.1, 0.15) is 0 Å². The fourth-order valence-electron chi connectivity index (χ4n) is 3.12.